The summed E-state index contributed by atoms with van der Waals surface area (Å²) in [7, 11) is 1.74. The third-order valence-electron chi connectivity index (χ3n) is 5.82. The standard InChI is InChI=1S/C27H29N5O2/c1-20(2)31(17-21-9-5-4-6-10-21)26(33)19-32-24-12-8-7-11-23(24)29-25(32)18-30(3)27(34)22-13-15-28-16-14-22/h4-16,20H,17-19H2,1-3H3. The number of pyridine rings is 1. The van der Waals surface area contributed by atoms with Crippen molar-refractivity contribution in [2.24, 2.45) is 0 Å². The minimum absolute atomic E-state index is 0.00590. The normalized spacial score (nSPS) is 11.1. The maximum atomic E-state index is 13.5. The van der Waals surface area contributed by atoms with Crippen LogP contribution in [-0.4, -0.2) is 49.2 Å². The van der Waals surface area contributed by atoms with Crippen molar-refractivity contribution in [2.75, 3.05) is 7.05 Å². The Bertz CT molecular complexity index is 1270. The van der Waals surface area contributed by atoms with E-state index in [1.165, 1.54) is 0 Å². The summed E-state index contributed by atoms with van der Waals surface area (Å²) in [6.45, 7) is 5.02. The van der Waals surface area contributed by atoms with Crippen molar-refractivity contribution in [3.05, 3.63) is 96.1 Å². The van der Waals surface area contributed by atoms with Gasteiger partial charge in [0.1, 0.15) is 12.4 Å². The van der Waals surface area contributed by atoms with Crippen molar-refractivity contribution in [1.82, 2.24) is 24.3 Å². The predicted molar refractivity (Wildman–Crippen MR) is 132 cm³/mol. The molecular weight excluding hydrogens is 426 g/mol. The van der Waals surface area contributed by atoms with E-state index < -0.39 is 0 Å². The number of rotatable bonds is 8. The van der Waals surface area contributed by atoms with Crippen LogP contribution in [0.3, 0.4) is 0 Å². The van der Waals surface area contributed by atoms with Crippen molar-refractivity contribution in [1.29, 1.82) is 0 Å². The molecule has 2 aromatic heterocycles. The molecule has 174 valence electrons. The van der Waals surface area contributed by atoms with Crippen LogP contribution < -0.4 is 0 Å². The summed E-state index contributed by atoms with van der Waals surface area (Å²) < 4.78 is 1.92. The second-order valence-electron chi connectivity index (χ2n) is 8.60. The average Bonchev–Trinajstić information content (AvgIpc) is 3.19. The van der Waals surface area contributed by atoms with Crippen LogP contribution in [0.25, 0.3) is 11.0 Å². The molecule has 0 bridgehead atoms. The van der Waals surface area contributed by atoms with E-state index in [0.717, 1.165) is 16.6 Å². The topological polar surface area (TPSA) is 71.3 Å². The smallest absolute Gasteiger partial charge is 0.254 e. The summed E-state index contributed by atoms with van der Waals surface area (Å²) in [5.41, 5.74) is 3.32. The number of imidazole rings is 1. The number of amides is 2. The molecule has 0 aliphatic heterocycles. The molecule has 0 spiro atoms. The summed E-state index contributed by atoms with van der Waals surface area (Å²) >= 11 is 0. The molecule has 34 heavy (non-hydrogen) atoms. The molecule has 0 unspecified atom stereocenters. The van der Waals surface area contributed by atoms with Gasteiger partial charge in [0.15, 0.2) is 0 Å². The molecule has 2 amide bonds. The molecule has 7 heteroatoms. The Morgan fingerprint density at radius 1 is 0.912 bits per heavy atom. The van der Waals surface area contributed by atoms with Gasteiger partial charge in [0, 0.05) is 37.6 Å². The van der Waals surface area contributed by atoms with Crippen molar-refractivity contribution in [2.45, 2.75) is 39.5 Å². The first-order chi connectivity index (χ1) is 16.4. The van der Waals surface area contributed by atoms with Gasteiger partial charge in [-0.15, -0.1) is 0 Å². The minimum atomic E-state index is -0.125. The molecule has 4 aromatic rings. The molecule has 7 nitrogen and oxygen atoms in total. The second-order valence-corrected chi connectivity index (χ2v) is 8.60. The van der Waals surface area contributed by atoms with Crippen LogP contribution in [0.5, 0.6) is 0 Å². The fourth-order valence-electron chi connectivity index (χ4n) is 3.99. The third kappa shape index (κ3) is 5.14. The maximum absolute atomic E-state index is 13.5. The van der Waals surface area contributed by atoms with Crippen LogP contribution in [0.2, 0.25) is 0 Å². The molecular formula is C27H29N5O2. The number of aromatic nitrogens is 3. The molecule has 0 aliphatic rings. The number of carbonyl (C=O) groups excluding carboxylic acids is 2. The lowest BCUT2D eigenvalue weighted by molar-refractivity contribution is -0.134. The van der Waals surface area contributed by atoms with Gasteiger partial charge in [-0.2, -0.15) is 0 Å². The van der Waals surface area contributed by atoms with E-state index in [-0.39, 0.29) is 30.9 Å². The number of para-hydroxylation sites is 2. The zero-order chi connectivity index (χ0) is 24.1. The van der Waals surface area contributed by atoms with Crippen LogP contribution in [-0.2, 0) is 24.4 Å². The Hall–Kier alpha value is -4.00. The highest BCUT2D eigenvalue weighted by atomic mass is 16.2. The number of benzene rings is 2. The summed E-state index contributed by atoms with van der Waals surface area (Å²) in [4.78, 5) is 38.6. The lowest BCUT2D eigenvalue weighted by Crippen LogP contribution is -2.39. The maximum Gasteiger partial charge on any atom is 0.254 e. The predicted octanol–water partition coefficient (Wildman–Crippen LogP) is 4.14. The first kappa shape index (κ1) is 23.2. The fraction of sp³-hybridized carbons (Fsp3) is 0.259. The zero-order valence-corrected chi connectivity index (χ0v) is 19.8. The van der Waals surface area contributed by atoms with Crippen LogP contribution in [0.4, 0.5) is 0 Å². The van der Waals surface area contributed by atoms with Crippen molar-refractivity contribution in [3.63, 3.8) is 0 Å². The number of nitrogens with zero attached hydrogens (tertiary/aromatic N) is 5. The van der Waals surface area contributed by atoms with Gasteiger partial charge in [0.2, 0.25) is 5.91 Å². The zero-order valence-electron chi connectivity index (χ0n) is 19.8. The van der Waals surface area contributed by atoms with Crippen LogP contribution >= 0.6 is 0 Å². The lowest BCUT2D eigenvalue weighted by Gasteiger charge is -2.28. The third-order valence-corrected chi connectivity index (χ3v) is 5.82. The van der Waals surface area contributed by atoms with E-state index in [2.05, 4.69) is 4.98 Å². The van der Waals surface area contributed by atoms with E-state index in [1.807, 2.05) is 77.9 Å². The SMILES string of the molecule is CC(C)N(Cc1ccccc1)C(=O)Cn1c(CN(C)C(=O)c2ccncc2)nc2ccccc21. The summed E-state index contributed by atoms with van der Waals surface area (Å²) in [6, 6.07) is 21.2. The van der Waals surface area contributed by atoms with E-state index in [9.17, 15) is 9.59 Å². The molecule has 0 radical (unpaired) electrons. The Labute approximate surface area is 199 Å². The van der Waals surface area contributed by atoms with Gasteiger partial charge in [0.05, 0.1) is 17.6 Å². The Kier molecular flexibility index (Phi) is 7.01. The van der Waals surface area contributed by atoms with E-state index >= 15 is 0 Å². The van der Waals surface area contributed by atoms with Gasteiger partial charge >= 0.3 is 0 Å². The van der Waals surface area contributed by atoms with Gasteiger partial charge in [-0.25, -0.2) is 4.98 Å². The van der Waals surface area contributed by atoms with Crippen molar-refractivity contribution in [3.8, 4) is 0 Å². The van der Waals surface area contributed by atoms with Gasteiger partial charge in [-0.1, -0.05) is 42.5 Å². The number of hydrogen-bond donors (Lipinski definition) is 0. The largest absolute Gasteiger partial charge is 0.334 e. The molecule has 0 saturated carbocycles. The van der Waals surface area contributed by atoms with Crippen LogP contribution in [0.1, 0.15) is 35.6 Å². The highest BCUT2D eigenvalue weighted by Crippen LogP contribution is 2.19. The summed E-state index contributed by atoms with van der Waals surface area (Å²) in [5.74, 6) is 0.550. The van der Waals surface area contributed by atoms with Gasteiger partial charge in [-0.3, -0.25) is 14.6 Å². The highest BCUT2D eigenvalue weighted by molar-refractivity contribution is 5.93. The van der Waals surface area contributed by atoms with Crippen LogP contribution in [0, 0.1) is 0 Å². The van der Waals surface area contributed by atoms with Crippen molar-refractivity contribution >= 4 is 22.8 Å². The first-order valence-electron chi connectivity index (χ1n) is 11.4. The summed E-state index contributed by atoms with van der Waals surface area (Å²) in [5, 5.41) is 0. The average molecular weight is 456 g/mol. The second kappa shape index (κ2) is 10.3. The van der Waals surface area contributed by atoms with E-state index in [1.54, 1.807) is 36.5 Å². The quantitative estimate of drug-likeness (QED) is 0.400. The molecule has 0 fully saturated rings. The number of carbonyl (C=O) groups is 2. The Morgan fingerprint density at radius 3 is 2.29 bits per heavy atom. The molecule has 2 aromatic carbocycles. The van der Waals surface area contributed by atoms with Gasteiger partial charge < -0.3 is 14.4 Å². The number of hydrogen-bond acceptors (Lipinski definition) is 4. The monoisotopic (exact) mass is 455 g/mol. The molecule has 2 heterocycles. The van der Waals surface area contributed by atoms with Gasteiger partial charge in [-0.05, 0) is 43.7 Å². The van der Waals surface area contributed by atoms with Crippen LogP contribution in [0.15, 0.2) is 79.1 Å². The molecule has 0 N–H and O–H groups in total. The first-order valence-corrected chi connectivity index (χ1v) is 11.4. The number of fused-ring (bicyclic) bond motifs is 1. The molecule has 4 rings (SSSR count). The Morgan fingerprint density at radius 2 is 1.59 bits per heavy atom. The van der Waals surface area contributed by atoms with E-state index in [4.69, 9.17) is 4.98 Å². The highest BCUT2D eigenvalue weighted by Gasteiger charge is 2.22. The molecule has 0 saturated heterocycles. The van der Waals surface area contributed by atoms with E-state index in [0.29, 0.717) is 17.9 Å². The lowest BCUT2D eigenvalue weighted by atomic mass is 10.2. The van der Waals surface area contributed by atoms with Crippen molar-refractivity contribution < 1.29 is 9.59 Å². The van der Waals surface area contributed by atoms with Gasteiger partial charge in [0.25, 0.3) is 5.91 Å². The minimum Gasteiger partial charge on any atom is -0.334 e. The Balaban J connectivity index is 1.60. The molecule has 0 aliphatic carbocycles. The fourth-order valence-corrected chi connectivity index (χ4v) is 3.99. The molecule has 0 atom stereocenters. The summed E-state index contributed by atoms with van der Waals surface area (Å²) in [6.07, 6.45) is 3.20.